The highest BCUT2D eigenvalue weighted by Gasteiger charge is 2.34. The molecule has 2 amide bonds. The molecule has 3 rings (SSSR count). The number of aromatic nitrogens is 2. The zero-order valence-electron chi connectivity index (χ0n) is 13.7. The third kappa shape index (κ3) is 3.55. The van der Waals surface area contributed by atoms with Crippen LogP contribution in [0.25, 0.3) is 11.4 Å². The Kier molecular flexibility index (Phi) is 5.08. The summed E-state index contributed by atoms with van der Waals surface area (Å²) in [5.74, 6) is 0.522. The maximum Gasteiger partial charge on any atom is 0.318 e. The molecule has 1 aliphatic heterocycles. The molecule has 1 aromatic carbocycles. The molecule has 0 spiro atoms. The van der Waals surface area contributed by atoms with Crippen molar-refractivity contribution >= 4 is 6.03 Å². The molecule has 1 saturated heterocycles. The minimum absolute atomic E-state index is 0.0903. The minimum Gasteiger partial charge on any atom is -0.338 e. The SMILES string of the molecule is CCCCNC(=O)N1CCCC1c1nc(-c2ccc(F)cc2)no1. The fourth-order valence-electron chi connectivity index (χ4n) is 2.83. The van der Waals surface area contributed by atoms with Gasteiger partial charge in [-0.25, -0.2) is 9.18 Å². The topological polar surface area (TPSA) is 71.3 Å². The van der Waals surface area contributed by atoms with E-state index in [0.29, 0.717) is 30.4 Å². The van der Waals surface area contributed by atoms with E-state index in [-0.39, 0.29) is 17.9 Å². The summed E-state index contributed by atoms with van der Waals surface area (Å²) in [6.45, 7) is 3.43. The van der Waals surface area contributed by atoms with E-state index in [1.165, 1.54) is 12.1 Å². The van der Waals surface area contributed by atoms with Crippen molar-refractivity contribution in [3.05, 3.63) is 36.0 Å². The lowest BCUT2D eigenvalue weighted by molar-refractivity contribution is 0.180. The van der Waals surface area contributed by atoms with Crippen LogP contribution < -0.4 is 5.32 Å². The molecule has 0 radical (unpaired) electrons. The smallest absolute Gasteiger partial charge is 0.318 e. The molecule has 1 N–H and O–H groups in total. The Bertz CT molecular complexity index is 686. The molecular weight excluding hydrogens is 311 g/mol. The van der Waals surface area contributed by atoms with E-state index in [2.05, 4.69) is 22.4 Å². The molecule has 6 nitrogen and oxygen atoms in total. The maximum absolute atomic E-state index is 13.0. The van der Waals surface area contributed by atoms with E-state index in [1.807, 2.05) is 0 Å². The van der Waals surface area contributed by atoms with Gasteiger partial charge >= 0.3 is 6.03 Å². The molecular formula is C17H21FN4O2. The lowest BCUT2D eigenvalue weighted by Gasteiger charge is -2.22. The number of amides is 2. The van der Waals surface area contributed by atoms with E-state index in [0.717, 1.165) is 25.7 Å². The minimum atomic E-state index is -0.312. The second kappa shape index (κ2) is 7.42. The molecule has 24 heavy (non-hydrogen) atoms. The third-order valence-electron chi connectivity index (χ3n) is 4.15. The van der Waals surface area contributed by atoms with Crippen molar-refractivity contribution in [3.63, 3.8) is 0 Å². The van der Waals surface area contributed by atoms with Gasteiger partial charge in [0.15, 0.2) is 0 Å². The van der Waals surface area contributed by atoms with Crippen molar-refractivity contribution < 1.29 is 13.7 Å². The van der Waals surface area contributed by atoms with Crippen LogP contribution in [0.2, 0.25) is 0 Å². The van der Waals surface area contributed by atoms with Crippen LogP contribution in [0.5, 0.6) is 0 Å². The van der Waals surface area contributed by atoms with Gasteiger partial charge in [-0.1, -0.05) is 18.5 Å². The van der Waals surface area contributed by atoms with E-state index < -0.39 is 0 Å². The van der Waals surface area contributed by atoms with Crippen LogP contribution in [0, 0.1) is 5.82 Å². The Morgan fingerprint density at radius 1 is 1.42 bits per heavy atom. The summed E-state index contributed by atoms with van der Waals surface area (Å²) in [7, 11) is 0. The van der Waals surface area contributed by atoms with Crippen molar-refractivity contribution in [2.75, 3.05) is 13.1 Å². The highest BCUT2D eigenvalue weighted by atomic mass is 19.1. The fraction of sp³-hybridized carbons (Fsp3) is 0.471. The van der Waals surface area contributed by atoms with Gasteiger partial charge in [0, 0.05) is 18.7 Å². The largest absolute Gasteiger partial charge is 0.338 e. The van der Waals surface area contributed by atoms with E-state index in [4.69, 9.17) is 4.52 Å². The molecule has 1 atom stereocenters. The summed E-state index contributed by atoms with van der Waals surface area (Å²) in [6, 6.07) is 5.63. The van der Waals surface area contributed by atoms with Crippen LogP contribution in [0.1, 0.15) is 44.5 Å². The first kappa shape index (κ1) is 16.4. The second-order valence-electron chi connectivity index (χ2n) is 5.90. The number of likely N-dealkylation sites (tertiary alicyclic amines) is 1. The first-order valence-electron chi connectivity index (χ1n) is 8.33. The van der Waals surface area contributed by atoms with Gasteiger partial charge in [-0.05, 0) is 43.5 Å². The van der Waals surface area contributed by atoms with Crippen molar-refractivity contribution in [1.29, 1.82) is 0 Å². The molecule has 2 aromatic rings. The van der Waals surface area contributed by atoms with E-state index >= 15 is 0 Å². The second-order valence-corrected chi connectivity index (χ2v) is 5.90. The average Bonchev–Trinajstić information content (AvgIpc) is 3.24. The van der Waals surface area contributed by atoms with Gasteiger partial charge in [-0.15, -0.1) is 0 Å². The van der Waals surface area contributed by atoms with Gasteiger partial charge in [0.2, 0.25) is 11.7 Å². The first-order chi connectivity index (χ1) is 11.7. The summed E-state index contributed by atoms with van der Waals surface area (Å²) in [5.41, 5.74) is 0.684. The summed E-state index contributed by atoms with van der Waals surface area (Å²) in [5, 5.41) is 6.89. The Morgan fingerprint density at radius 3 is 2.96 bits per heavy atom. The number of carbonyl (C=O) groups is 1. The molecule has 128 valence electrons. The number of nitrogens with one attached hydrogen (secondary N) is 1. The summed E-state index contributed by atoms with van der Waals surface area (Å²) in [4.78, 5) is 18.4. The number of hydrogen-bond acceptors (Lipinski definition) is 4. The zero-order chi connectivity index (χ0) is 16.9. The summed E-state index contributed by atoms with van der Waals surface area (Å²) < 4.78 is 18.4. The van der Waals surface area contributed by atoms with Crippen LogP contribution >= 0.6 is 0 Å². The van der Waals surface area contributed by atoms with Gasteiger partial charge in [0.05, 0.1) is 0 Å². The van der Waals surface area contributed by atoms with Crippen molar-refractivity contribution in [3.8, 4) is 11.4 Å². The molecule has 1 aliphatic rings. The Labute approximate surface area is 140 Å². The normalized spacial score (nSPS) is 17.2. The average molecular weight is 332 g/mol. The van der Waals surface area contributed by atoms with E-state index in [9.17, 15) is 9.18 Å². The molecule has 0 aliphatic carbocycles. The van der Waals surface area contributed by atoms with Crippen LogP contribution in [-0.4, -0.2) is 34.2 Å². The van der Waals surface area contributed by atoms with Crippen LogP contribution in [0.15, 0.2) is 28.8 Å². The standard InChI is InChI=1S/C17H21FN4O2/c1-2-3-10-19-17(23)22-11-4-5-14(22)16-20-15(21-24-16)12-6-8-13(18)9-7-12/h6-9,14H,2-5,10-11H2,1H3,(H,19,23). The highest BCUT2D eigenvalue weighted by molar-refractivity contribution is 5.74. The monoisotopic (exact) mass is 332 g/mol. The van der Waals surface area contributed by atoms with Gasteiger partial charge in [-0.3, -0.25) is 0 Å². The van der Waals surface area contributed by atoms with Crippen molar-refractivity contribution in [1.82, 2.24) is 20.4 Å². The number of benzene rings is 1. The summed E-state index contributed by atoms with van der Waals surface area (Å²) >= 11 is 0. The Balaban J connectivity index is 1.71. The van der Waals surface area contributed by atoms with Gasteiger partial charge in [0.1, 0.15) is 11.9 Å². The highest BCUT2D eigenvalue weighted by Crippen LogP contribution is 2.32. The molecule has 1 aromatic heterocycles. The predicted molar refractivity (Wildman–Crippen MR) is 86.7 cm³/mol. The number of hydrogen-bond donors (Lipinski definition) is 1. The lowest BCUT2D eigenvalue weighted by atomic mass is 10.2. The third-order valence-corrected chi connectivity index (χ3v) is 4.15. The van der Waals surface area contributed by atoms with Crippen LogP contribution in [0.3, 0.4) is 0 Å². The fourth-order valence-corrected chi connectivity index (χ4v) is 2.83. The Morgan fingerprint density at radius 2 is 2.21 bits per heavy atom. The van der Waals surface area contributed by atoms with Crippen LogP contribution in [0.4, 0.5) is 9.18 Å². The van der Waals surface area contributed by atoms with Gasteiger partial charge in [0.25, 0.3) is 0 Å². The number of rotatable bonds is 5. The predicted octanol–water partition coefficient (Wildman–Crippen LogP) is 3.52. The molecule has 2 heterocycles. The first-order valence-corrected chi connectivity index (χ1v) is 8.33. The number of carbonyl (C=O) groups excluding carboxylic acids is 1. The lowest BCUT2D eigenvalue weighted by Crippen LogP contribution is -2.39. The molecule has 1 fully saturated rings. The summed E-state index contributed by atoms with van der Waals surface area (Å²) in [6.07, 6.45) is 3.69. The number of nitrogens with zero attached hydrogens (tertiary/aromatic N) is 3. The molecule has 0 saturated carbocycles. The van der Waals surface area contributed by atoms with Crippen LogP contribution in [-0.2, 0) is 0 Å². The molecule has 1 unspecified atom stereocenters. The number of halogens is 1. The van der Waals surface area contributed by atoms with Gasteiger partial charge < -0.3 is 14.7 Å². The maximum atomic E-state index is 13.0. The van der Waals surface area contributed by atoms with E-state index in [1.54, 1.807) is 17.0 Å². The quantitative estimate of drug-likeness (QED) is 0.850. The van der Waals surface area contributed by atoms with Gasteiger partial charge in [-0.2, -0.15) is 4.98 Å². The number of unbranched alkanes of at least 4 members (excludes halogenated alkanes) is 1. The molecule has 7 heteroatoms. The van der Waals surface area contributed by atoms with Crippen molar-refractivity contribution in [2.45, 2.75) is 38.6 Å². The Hall–Kier alpha value is -2.44. The molecule has 0 bridgehead atoms. The zero-order valence-corrected chi connectivity index (χ0v) is 13.7. The van der Waals surface area contributed by atoms with Crippen molar-refractivity contribution in [2.24, 2.45) is 0 Å². The number of urea groups is 1.